The average molecular weight is 613 g/mol. The van der Waals surface area contributed by atoms with Crippen LogP contribution in [0, 0.1) is 18.6 Å². The maximum atomic E-state index is 13.9. The third-order valence-corrected chi connectivity index (χ3v) is 6.70. The van der Waals surface area contributed by atoms with Crippen molar-refractivity contribution >= 4 is 17.7 Å². The monoisotopic (exact) mass is 612 g/mol. The van der Waals surface area contributed by atoms with Crippen molar-refractivity contribution in [3.8, 4) is 16.9 Å². The minimum absolute atomic E-state index is 0.00888. The number of aryl methyl sites for hydroxylation is 1. The Balaban J connectivity index is 1.60. The molecule has 0 radical (unpaired) electrons. The van der Waals surface area contributed by atoms with Crippen molar-refractivity contribution in [3.63, 3.8) is 0 Å². The maximum Gasteiger partial charge on any atom is 0.429 e. The van der Waals surface area contributed by atoms with Gasteiger partial charge in [-0.2, -0.15) is 0 Å². The lowest BCUT2D eigenvalue weighted by Gasteiger charge is -2.31. The molecule has 44 heavy (non-hydrogen) atoms. The number of hydrogen-bond acceptors (Lipinski definition) is 8. The number of esters is 1. The van der Waals surface area contributed by atoms with Crippen LogP contribution in [-0.4, -0.2) is 54.8 Å². The molecule has 3 aromatic carbocycles. The fourth-order valence-electron chi connectivity index (χ4n) is 4.66. The molecular weight excluding hydrogens is 574 g/mol. The number of halogens is 2. The lowest BCUT2D eigenvalue weighted by atomic mass is 10.0. The van der Waals surface area contributed by atoms with Crippen molar-refractivity contribution in [3.05, 3.63) is 82.9 Å². The Labute approximate surface area is 256 Å². The van der Waals surface area contributed by atoms with Crippen LogP contribution >= 0.6 is 0 Å². The predicted molar refractivity (Wildman–Crippen MR) is 160 cm³/mol. The second-order valence-electron chi connectivity index (χ2n) is 11.9. The van der Waals surface area contributed by atoms with Crippen LogP contribution in [0.5, 0.6) is 5.75 Å². The molecule has 0 bridgehead atoms. The van der Waals surface area contributed by atoms with Gasteiger partial charge >= 0.3 is 12.1 Å². The van der Waals surface area contributed by atoms with Crippen molar-refractivity contribution in [1.29, 1.82) is 0 Å². The van der Waals surface area contributed by atoms with Crippen molar-refractivity contribution in [1.82, 2.24) is 5.01 Å². The molecule has 11 heteroatoms. The molecule has 1 aliphatic rings. The predicted octanol–water partition coefficient (Wildman–Crippen LogP) is 7.02. The molecule has 1 fully saturated rings. The molecule has 0 spiro atoms. The summed E-state index contributed by atoms with van der Waals surface area (Å²) < 4.78 is 55.7. The summed E-state index contributed by atoms with van der Waals surface area (Å²) >= 11 is 0. The van der Waals surface area contributed by atoms with E-state index < -0.39 is 41.2 Å². The number of anilines is 1. The van der Waals surface area contributed by atoms with E-state index in [-0.39, 0.29) is 31.0 Å². The summed E-state index contributed by atoms with van der Waals surface area (Å²) in [5, 5.41) is 1.24. The number of carbonyl (C=O) groups is 2. The summed E-state index contributed by atoms with van der Waals surface area (Å²) in [5.74, 6) is -2.76. The van der Waals surface area contributed by atoms with E-state index in [1.54, 1.807) is 84.0 Å². The molecule has 236 valence electrons. The Morgan fingerprint density at radius 1 is 1.07 bits per heavy atom. The van der Waals surface area contributed by atoms with E-state index in [2.05, 4.69) is 5.43 Å². The number of benzene rings is 3. The number of nitrogens with one attached hydrogen (secondary N) is 1. The average Bonchev–Trinajstić information content (AvgIpc) is 3.30. The Kier molecular flexibility index (Phi) is 9.80. The van der Waals surface area contributed by atoms with Gasteiger partial charge in [-0.15, -0.1) is 0 Å². The van der Waals surface area contributed by atoms with E-state index in [1.165, 1.54) is 12.1 Å². The molecule has 1 aliphatic heterocycles. The third kappa shape index (κ3) is 8.23. The molecule has 1 saturated heterocycles. The first-order valence-corrected chi connectivity index (χ1v) is 14.1. The second kappa shape index (κ2) is 13.2. The highest BCUT2D eigenvalue weighted by Gasteiger charge is 2.36. The van der Waals surface area contributed by atoms with E-state index in [1.807, 2.05) is 0 Å². The first-order valence-electron chi connectivity index (χ1n) is 14.1. The Hall–Kier alpha value is -4.22. The molecule has 0 saturated carbocycles. The second-order valence-corrected chi connectivity index (χ2v) is 11.9. The van der Waals surface area contributed by atoms with Gasteiger partial charge < -0.3 is 23.7 Å². The zero-order valence-corrected chi connectivity index (χ0v) is 26.0. The Morgan fingerprint density at radius 3 is 2.36 bits per heavy atom. The third-order valence-electron chi connectivity index (χ3n) is 6.70. The van der Waals surface area contributed by atoms with Gasteiger partial charge in [-0.3, -0.25) is 5.43 Å². The number of ether oxygens (including phenoxy) is 5. The van der Waals surface area contributed by atoms with E-state index in [9.17, 15) is 18.4 Å². The van der Waals surface area contributed by atoms with Gasteiger partial charge in [0.2, 0.25) is 0 Å². The van der Waals surface area contributed by atoms with Crippen LogP contribution in [0.25, 0.3) is 11.1 Å². The van der Waals surface area contributed by atoms with Crippen LogP contribution in [-0.2, 0) is 25.6 Å². The summed E-state index contributed by atoms with van der Waals surface area (Å²) in [5.41, 5.74) is 5.14. The number of rotatable bonds is 9. The SMILES string of the molecule is COC(=O)c1cccc(COc2ccc(-c3cc(F)c(F)cc3C)cc2)c1NN(C[C@@H]1COC(C)(C)O1)C(=O)OC(C)(C)C. The van der Waals surface area contributed by atoms with Gasteiger partial charge in [-0.05, 0) is 88.6 Å². The number of nitrogens with zero attached hydrogens (tertiary/aromatic N) is 1. The van der Waals surface area contributed by atoms with Crippen molar-refractivity contribution in [2.75, 3.05) is 25.7 Å². The van der Waals surface area contributed by atoms with Crippen LogP contribution < -0.4 is 10.2 Å². The van der Waals surface area contributed by atoms with Gasteiger partial charge in [0, 0.05) is 5.56 Å². The van der Waals surface area contributed by atoms with Crippen LogP contribution in [0.3, 0.4) is 0 Å². The molecule has 1 amide bonds. The van der Waals surface area contributed by atoms with Gasteiger partial charge in [-0.25, -0.2) is 23.4 Å². The van der Waals surface area contributed by atoms with Gasteiger partial charge in [0.15, 0.2) is 17.4 Å². The van der Waals surface area contributed by atoms with Crippen molar-refractivity contribution in [2.45, 2.75) is 65.6 Å². The highest BCUT2D eigenvalue weighted by atomic mass is 19.2. The molecule has 0 aliphatic carbocycles. The number of methoxy groups -OCH3 is 1. The molecule has 4 rings (SSSR count). The fraction of sp³-hybridized carbons (Fsp3) is 0.394. The Bertz CT molecular complexity index is 1500. The van der Waals surface area contributed by atoms with Gasteiger partial charge in [0.05, 0.1) is 31.5 Å². The maximum absolute atomic E-state index is 13.9. The summed E-state index contributed by atoms with van der Waals surface area (Å²) in [7, 11) is 1.27. The molecule has 0 unspecified atom stereocenters. The Morgan fingerprint density at radius 2 is 1.75 bits per heavy atom. The molecule has 3 aromatic rings. The zero-order chi connectivity index (χ0) is 32.2. The minimum Gasteiger partial charge on any atom is -0.489 e. The van der Waals surface area contributed by atoms with Crippen LogP contribution in [0.15, 0.2) is 54.6 Å². The number of hydrazine groups is 1. The van der Waals surface area contributed by atoms with Gasteiger partial charge in [-0.1, -0.05) is 24.3 Å². The standard InChI is InChI=1S/C33H38F2N2O7/c1-20-15-27(34)28(35)16-26(20)21-11-13-23(14-12-21)41-18-22-9-8-10-25(30(38)40-7)29(22)36-37(31(39)44-32(2,3)4)17-24-19-42-33(5,6)43-24/h8-16,24,36H,17-19H2,1-7H3/t24-/m1/s1. The number of para-hydroxylation sites is 1. The summed E-state index contributed by atoms with van der Waals surface area (Å²) in [6, 6.07) is 14.2. The molecule has 1 atom stereocenters. The minimum atomic E-state index is -0.924. The number of amides is 1. The number of carbonyl (C=O) groups excluding carboxylic acids is 2. The highest BCUT2D eigenvalue weighted by Crippen LogP contribution is 2.30. The van der Waals surface area contributed by atoms with E-state index in [0.29, 0.717) is 28.0 Å². The van der Waals surface area contributed by atoms with Crippen molar-refractivity contribution in [2.24, 2.45) is 0 Å². The smallest absolute Gasteiger partial charge is 0.429 e. The van der Waals surface area contributed by atoms with E-state index >= 15 is 0 Å². The van der Waals surface area contributed by atoms with Crippen LogP contribution in [0.1, 0.15) is 56.1 Å². The molecule has 0 aromatic heterocycles. The number of hydrogen-bond donors (Lipinski definition) is 1. The van der Waals surface area contributed by atoms with Crippen LogP contribution in [0.2, 0.25) is 0 Å². The lowest BCUT2D eigenvalue weighted by molar-refractivity contribution is -0.139. The van der Waals surface area contributed by atoms with E-state index in [4.69, 9.17) is 23.7 Å². The quantitative estimate of drug-likeness (QED) is 0.204. The molecular formula is C33H38F2N2O7. The molecule has 1 N–H and O–H groups in total. The van der Waals surface area contributed by atoms with Gasteiger partial charge in [0.1, 0.15) is 24.1 Å². The zero-order valence-electron chi connectivity index (χ0n) is 26.0. The summed E-state index contributed by atoms with van der Waals surface area (Å²) in [6.07, 6.45) is -1.15. The molecule has 1 heterocycles. The topological polar surface area (TPSA) is 95.6 Å². The summed E-state index contributed by atoms with van der Waals surface area (Å²) in [6.45, 7) is 10.8. The summed E-state index contributed by atoms with van der Waals surface area (Å²) in [4.78, 5) is 26.1. The van der Waals surface area contributed by atoms with E-state index in [0.717, 1.165) is 12.1 Å². The first kappa shape index (κ1) is 32.7. The van der Waals surface area contributed by atoms with Crippen molar-refractivity contribution < 1.29 is 42.1 Å². The fourth-order valence-corrected chi connectivity index (χ4v) is 4.66. The first-order chi connectivity index (χ1) is 20.7. The molecule has 9 nitrogen and oxygen atoms in total. The van der Waals surface area contributed by atoms with Gasteiger partial charge in [0.25, 0.3) is 0 Å². The van der Waals surface area contributed by atoms with Crippen LogP contribution in [0.4, 0.5) is 19.3 Å². The lowest BCUT2D eigenvalue weighted by Crippen LogP contribution is -2.45. The highest BCUT2D eigenvalue weighted by molar-refractivity contribution is 5.96. The normalized spacial score (nSPS) is 15.9. The largest absolute Gasteiger partial charge is 0.489 e.